The van der Waals surface area contributed by atoms with Gasteiger partial charge in [-0.2, -0.15) is 0 Å². The van der Waals surface area contributed by atoms with E-state index in [4.69, 9.17) is 4.42 Å². The second kappa shape index (κ2) is 7.87. The van der Waals surface area contributed by atoms with E-state index in [0.29, 0.717) is 22.7 Å². The van der Waals surface area contributed by atoms with Crippen molar-refractivity contribution in [3.05, 3.63) is 52.4 Å². The van der Waals surface area contributed by atoms with Crippen LogP contribution in [0.1, 0.15) is 35.9 Å². The smallest absolute Gasteiger partial charge is 0.291 e. The molecule has 1 saturated carbocycles. The maximum atomic E-state index is 12.4. The minimum atomic E-state index is -0.309. The monoisotopic (exact) mass is 404 g/mol. The van der Waals surface area contributed by atoms with Crippen LogP contribution in [-0.4, -0.2) is 29.8 Å². The first-order valence-corrected chi connectivity index (χ1v) is 9.28. The van der Waals surface area contributed by atoms with Crippen molar-refractivity contribution in [2.24, 2.45) is 5.92 Å². The summed E-state index contributed by atoms with van der Waals surface area (Å²) in [6, 6.07) is 10.6. The summed E-state index contributed by atoms with van der Waals surface area (Å²) in [5.41, 5.74) is 1.61. The van der Waals surface area contributed by atoms with Gasteiger partial charge in [0.05, 0.1) is 6.42 Å². The number of hydrogen-bond donors (Lipinski definition) is 1. The molecule has 1 aromatic carbocycles. The van der Waals surface area contributed by atoms with E-state index in [1.54, 1.807) is 24.3 Å². The number of rotatable bonds is 7. The number of halogens is 1. The third-order valence-electron chi connectivity index (χ3n) is 4.27. The molecule has 5 nitrogen and oxygen atoms in total. The maximum Gasteiger partial charge on any atom is 0.291 e. The molecule has 6 heteroatoms. The van der Waals surface area contributed by atoms with Crippen LogP contribution in [0.25, 0.3) is 0 Å². The van der Waals surface area contributed by atoms with E-state index >= 15 is 0 Å². The highest BCUT2D eigenvalue weighted by molar-refractivity contribution is 9.10. The lowest BCUT2D eigenvalue weighted by atomic mass is 10.1. The lowest BCUT2D eigenvalue weighted by Crippen LogP contribution is -2.33. The van der Waals surface area contributed by atoms with Gasteiger partial charge >= 0.3 is 0 Å². The third-order valence-corrected chi connectivity index (χ3v) is 4.70. The number of carbonyl (C=O) groups is 2. The predicted octanol–water partition coefficient (Wildman–Crippen LogP) is 4.10. The van der Waals surface area contributed by atoms with Crippen LogP contribution in [0.4, 0.5) is 5.69 Å². The highest BCUT2D eigenvalue weighted by atomic mass is 79.9. The van der Waals surface area contributed by atoms with Gasteiger partial charge in [-0.3, -0.25) is 9.59 Å². The zero-order valence-electron chi connectivity index (χ0n) is 14.1. The molecule has 1 N–H and O–H groups in total. The molecule has 1 fully saturated rings. The number of nitrogens with one attached hydrogen (secondary N) is 1. The summed E-state index contributed by atoms with van der Waals surface area (Å²) in [5.74, 6) is 0.788. The molecule has 1 aliphatic rings. The fourth-order valence-electron chi connectivity index (χ4n) is 2.64. The molecule has 1 aromatic heterocycles. The van der Waals surface area contributed by atoms with E-state index in [9.17, 15) is 9.59 Å². The van der Waals surface area contributed by atoms with Crippen LogP contribution >= 0.6 is 15.9 Å². The van der Waals surface area contributed by atoms with Gasteiger partial charge in [-0.1, -0.05) is 12.1 Å². The summed E-state index contributed by atoms with van der Waals surface area (Å²) >= 11 is 3.17. The Labute approximate surface area is 155 Å². The minimum absolute atomic E-state index is 0.159. The van der Waals surface area contributed by atoms with Crippen LogP contribution in [0.15, 0.2) is 45.5 Å². The van der Waals surface area contributed by atoms with Crippen LogP contribution in [-0.2, 0) is 11.2 Å². The molecule has 2 aromatic rings. The first-order chi connectivity index (χ1) is 12.0. The molecular formula is C19H21BrN2O3. The predicted molar refractivity (Wildman–Crippen MR) is 99.5 cm³/mol. The fraction of sp³-hybridized carbons (Fsp3) is 0.368. The normalized spacial score (nSPS) is 13.5. The lowest BCUT2D eigenvalue weighted by Gasteiger charge is -2.20. The van der Waals surface area contributed by atoms with E-state index in [1.807, 2.05) is 24.0 Å². The Morgan fingerprint density at radius 3 is 2.48 bits per heavy atom. The Morgan fingerprint density at radius 1 is 1.20 bits per heavy atom. The first-order valence-electron chi connectivity index (χ1n) is 8.48. The van der Waals surface area contributed by atoms with Crippen LogP contribution in [0.5, 0.6) is 0 Å². The number of nitrogens with zero attached hydrogens (tertiary/aromatic N) is 1. The molecule has 0 radical (unpaired) electrons. The zero-order valence-corrected chi connectivity index (χ0v) is 15.7. The lowest BCUT2D eigenvalue weighted by molar-refractivity contribution is -0.130. The molecule has 3 rings (SSSR count). The average molecular weight is 405 g/mol. The molecule has 0 aliphatic heterocycles. The van der Waals surface area contributed by atoms with Crippen LogP contribution in [0.2, 0.25) is 0 Å². The maximum absolute atomic E-state index is 12.4. The van der Waals surface area contributed by atoms with Gasteiger partial charge in [0.1, 0.15) is 0 Å². The topological polar surface area (TPSA) is 62.6 Å². The number of carbonyl (C=O) groups excluding carboxylic acids is 2. The van der Waals surface area contributed by atoms with Gasteiger partial charge in [0, 0.05) is 18.8 Å². The fourth-order valence-corrected chi connectivity index (χ4v) is 2.95. The second-order valence-electron chi connectivity index (χ2n) is 6.31. The van der Waals surface area contributed by atoms with Crippen molar-refractivity contribution in [2.75, 3.05) is 18.4 Å². The van der Waals surface area contributed by atoms with Gasteiger partial charge in [0.2, 0.25) is 5.91 Å². The first kappa shape index (κ1) is 17.7. The van der Waals surface area contributed by atoms with E-state index in [2.05, 4.69) is 21.2 Å². The van der Waals surface area contributed by atoms with Crippen LogP contribution in [0, 0.1) is 5.92 Å². The quantitative estimate of drug-likeness (QED) is 0.755. The Balaban J connectivity index is 1.56. The molecule has 132 valence electrons. The van der Waals surface area contributed by atoms with E-state index in [0.717, 1.165) is 18.7 Å². The average Bonchev–Trinajstić information content (AvgIpc) is 3.32. The third kappa shape index (κ3) is 4.95. The molecule has 0 saturated heterocycles. The molecule has 25 heavy (non-hydrogen) atoms. The van der Waals surface area contributed by atoms with Crippen molar-refractivity contribution in [2.45, 2.75) is 26.2 Å². The summed E-state index contributed by atoms with van der Waals surface area (Å²) in [5, 5.41) is 2.77. The van der Waals surface area contributed by atoms with E-state index in [1.165, 1.54) is 12.8 Å². The summed E-state index contributed by atoms with van der Waals surface area (Å²) in [6.07, 6.45) is 2.87. The van der Waals surface area contributed by atoms with Gasteiger partial charge in [-0.15, -0.1) is 0 Å². The van der Waals surface area contributed by atoms with Crippen LogP contribution < -0.4 is 5.32 Å². The van der Waals surface area contributed by atoms with Crippen molar-refractivity contribution < 1.29 is 14.0 Å². The van der Waals surface area contributed by atoms with Gasteiger partial charge in [-0.25, -0.2) is 0 Å². The Kier molecular flexibility index (Phi) is 5.58. The Bertz CT molecular complexity index is 750. The molecule has 0 unspecified atom stereocenters. The molecule has 1 aliphatic carbocycles. The van der Waals surface area contributed by atoms with Crippen molar-refractivity contribution in [3.8, 4) is 0 Å². The molecule has 0 spiro atoms. The SMILES string of the molecule is CCN(CC1CC1)C(=O)Cc1ccc(NC(=O)c2ccc(Br)o2)cc1. The number of furan rings is 1. The summed E-state index contributed by atoms with van der Waals surface area (Å²) < 4.78 is 5.74. The number of likely N-dealkylation sites (N-methyl/N-ethyl adjacent to an activating group) is 1. The van der Waals surface area contributed by atoms with Gasteiger partial charge in [0.15, 0.2) is 10.4 Å². The second-order valence-corrected chi connectivity index (χ2v) is 7.09. The van der Waals surface area contributed by atoms with Crippen molar-refractivity contribution in [3.63, 3.8) is 0 Å². The zero-order chi connectivity index (χ0) is 17.8. The standard InChI is InChI=1S/C19H21BrN2O3/c1-2-22(12-14-3-4-14)18(23)11-13-5-7-15(8-6-13)21-19(24)16-9-10-17(20)25-16/h5-10,14H,2-4,11-12H2,1H3,(H,21,24). The van der Waals surface area contributed by atoms with Gasteiger partial charge in [0.25, 0.3) is 5.91 Å². The number of hydrogen-bond acceptors (Lipinski definition) is 3. The van der Waals surface area contributed by atoms with Crippen molar-refractivity contribution in [1.29, 1.82) is 0 Å². The largest absolute Gasteiger partial charge is 0.444 e. The molecule has 0 bridgehead atoms. The van der Waals surface area contributed by atoms with Gasteiger partial charge < -0.3 is 14.6 Å². The van der Waals surface area contributed by atoms with E-state index in [-0.39, 0.29) is 17.6 Å². The van der Waals surface area contributed by atoms with Gasteiger partial charge in [-0.05, 0) is 71.4 Å². The molecule has 1 heterocycles. The minimum Gasteiger partial charge on any atom is -0.444 e. The Morgan fingerprint density at radius 2 is 1.92 bits per heavy atom. The Hall–Kier alpha value is -2.08. The highest BCUT2D eigenvalue weighted by Gasteiger charge is 2.25. The molecule has 2 amide bonds. The highest BCUT2D eigenvalue weighted by Crippen LogP contribution is 2.29. The number of anilines is 1. The van der Waals surface area contributed by atoms with Crippen molar-refractivity contribution >= 4 is 33.4 Å². The summed E-state index contributed by atoms with van der Waals surface area (Å²) in [6.45, 7) is 3.65. The van der Waals surface area contributed by atoms with Crippen molar-refractivity contribution in [1.82, 2.24) is 4.90 Å². The molecular weight excluding hydrogens is 384 g/mol. The van der Waals surface area contributed by atoms with Crippen LogP contribution in [0.3, 0.4) is 0 Å². The number of benzene rings is 1. The number of amides is 2. The molecule has 0 atom stereocenters. The van der Waals surface area contributed by atoms with E-state index < -0.39 is 0 Å². The summed E-state index contributed by atoms with van der Waals surface area (Å²) in [7, 11) is 0. The summed E-state index contributed by atoms with van der Waals surface area (Å²) in [4.78, 5) is 26.4.